The van der Waals surface area contributed by atoms with Crippen LogP contribution in [0.2, 0.25) is 0 Å². The van der Waals surface area contributed by atoms with Crippen molar-refractivity contribution < 1.29 is 0 Å². The molecule has 2 N–H and O–H groups in total. The van der Waals surface area contributed by atoms with Crippen molar-refractivity contribution in [3.05, 3.63) is 12.4 Å². The molecule has 0 saturated heterocycles. The van der Waals surface area contributed by atoms with Crippen LogP contribution in [-0.4, -0.2) is 34.3 Å². The van der Waals surface area contributed by atoms with Gasteiger partial charge >= 0.3 is 0 Å². The molecule has 1 aromatic heterocycles. The number of likely N-dealkylation sites (N-methyl/N-ethyl adjacent to an activating group) is 1. The SMILES string of the molecule is CCN(CCn1cc(N)cn1)CC1CCC1. The molecule has 1 aliphatic carbocycles. The molecule has 0 aliphatic heterocycles. The Bertz CT molecular complexity index is 317. The molecule has 0 atom stereocenters. The Balaban J connectivity index is 1.73. The highest BCUT2D eigenvalue weighted by Gasteiger charge is 2.19. The summed E-state index contributed by atoms with van der Waals surface area (Å²) in [6, 6.07) is 0. The second-order valence-electron chi connectivity index (χ2n) is 4.73. The van der Waals surface area contributed by atoms with Crippen LogP contribution in [-0.2, 0) is 6.54 Å². The molecule has 0 aromatic carbocycles. The van der Waals surface area contributed by atoms with Gasteiger partial charge in [0.2, 0.25) is 0 Å². The van der Waals surface area contributed by atoms with Crippen molar-refractivity contribution in [2.24, 2.45) is 5.92 Å². The fraction of sp³-hybridized carbons (Fsp3) is 0.750. The topological polar surface area (TPSA) is 47.1 Å². The van der Waals surface area contributed by atoms with Gasteiger partial charge in [-0.05, 0) is 25.3 Å². The first-order valence-corrected chi connectivity index (χ1v) is 6.28. The largest absolute Gasteiger partial charge is 0.396 e. The Hall–Kier alpha value is -1.03. The summed E-state index contributed by atoms with van der Waals surface area (Å²) < 4.78 is 1.93. The van der Waals surface area contributed by atoms with Gasteiger partial charge in [0.15, 0.2) is 0 Å². The van der Waals surface area contributed by atoms with Crippen molar-refractivity contribution in [3.63, 3.8) is 0 Å². The maximum Gasteiger partial charge on any atom is 0.0719 e. The highest BCUT2D eigenvalue weighted by molar-refractivity contribution is 5.30. The van der Waals surface area contributed by atoms with Gasteiger partial charge in [-0.3, -0.25) is 4.68 Å². The first-order valence-electron chi connectivity index (χ1n) is 6.28. The molecule has 1 fully saturated rings. The van der Waals surface area contributed by atoms with E-state index < -0.39 is 0 Å². The van der Waals surface area contributed by atoms with Gasteiger partial charge in [-0.25, -0.2) is 0 Å². The number of rotatable bonds is 6. The molecule has 0 amide bonds. The van der Waals surface area contributed by atoms with Gasteiger partial charge in [0.1, 0.15) is 0 Å². The Kier molecular flexibility index (Phi) is 3.83. The quantitative estimate of drug-likeness (QED) is 0.795. The standard InChI is InChI=1S/C12H22N4/c1-2-15(9-11-4-3-5-11)6-7-16-10-12(13)8-14-16/h8,10-11H,2-7,9,13H2,1H3. The lowest BCUT2D eigenvalue weighted by Gasteiger charge is -2.31. The number of nitrogens with two attached hydrogens (primary N) is 1. The van der Waals surface area contributed by atoms with Crippen LogP contribution >= 0.6 is 0 Å². The molecule has 1 aromatic rings. The Morgan fingerprint density at radius 3 is 2.88 bits per heavy atom. The van der Waals surface area contributed by atoms with E-state index in [9.17, 15) is 0 Å². The zero-order valence-electron chi connectivity index (χ0n) is 10.1. The van der Waals surface area contributed by atoms with Crippen molar-refractivity contribution in [2.75, 3.05) is 25.4 Å². The summed E-state index contributed by atoms with van der Waals surface area (Å²) in [5.74, 6) is 0.947. The summed E-state index contributed by atoms with van der Waals surface area (Å²) in [6.07, 6.45) is 7.88. The zero-order chi connectivity index (χ0) is 11.4. The number of hydrogen-bond acceptors (Lipinski definition) is 3. The molecule has 1 aliphatic rings. The maximum absolute atomic E-state index is 5.63. The zero-order valence-corrected chi connectivity index (χ0v) is 10.1. The number of nitrogens with zero attached hydrogens (tertiary/aromatic N) is 3. The number of nitrogen functional groups attached to an aromatic ring is 1. The highest BCUT2D eigenvalue weighted by atomic mass is 15.3. The molecule has 0 radical (unpaired) electrons. The smallest absolute Gasteiger partial charge is 0.0719 e. The van der Waals surface area contributed by atoms with Crippen LogP contribution in [0.4, 0.5) is 5.69 Å². The number of hydrogen-bond donors (Lipinski definition) is 1. The fourth-order valence-electron chi connectivity index (χ4n) is 2.16. The van der Waals surface area contributed by atoms with E-state index in [4.69, 9.17) is 5.73 Å². The van der Waals surface area contributed by atoms with E-state index in [1.165, 1.54) is 25.8 Å². The molecule has 1 saturated carbocycles. The first-order chi connectivity index (χ1) is 7.78. The van der Waals surface area contributed by atoms with E-state index in [1.54, 1.807) is 6.20 Å². The average molecular weight is 222 g/mol. The fourth-order valence-corrected chi connectivity index (χ4v) is 2.16. The third-order valence-corrected chi connectivity index (χ3v) is 3.49. The highest BCUT2D eigenvalue weighted by Crippen LogP contribution is 2.26. The van der Waals surface area contributed by atoms with E-state index in [-0.39, 0.29) is 0 Å². The molecule has 2 rings (SSSR count). The summed E-state index contributed by atoms with van der Waals surface area (Å²) in [5.41, 5.74) is 6.38. The van der Waals surface area contributed by atoms with Crippen LogP contribution in [0.25, 0.3) is 0 Å². The van der Waals surface area contributed by atoms with Gasteiger partial charge in [-0.15, -0.1) is 0 Å². The Morgan fingerprint density at radius 1 is 1.56 bits per heavy atom. The normalized spacial score (nSPS) is 16.6. The minimum absolute atomic E-state index is 0.752. The van der Waals surface area contributed by atoms with E-state index in [0.29, 0.717) is 0 Å². The van der Waals surface area contributed by atoms with Crippen LogP contribution in [0.15, 0.2) is 12.4 Å². The molecule has 0 spiro atoms. The summed E-state index contributed by atoms with van der Waals surface area (Å²) >= 11 is 0. The third kappa shape index (κ3) is 2.98. The van der Waals surface area contributed by atoms with Crippen molar-refractivity contribution in [2.45, 2.75) is 32.7 Å². The van der Waals surface area contributed by atoms with Gasteiger partial charge in [-0.1, -0.05) is 13.3 Å². The molecule has 4 heteroatoms. The van der Waals surface area contributed by atoms with Crippen LogP contribution in [0.1, 0.15) is 26.2 Å². The monoisotopic (exact) mass is 222 g/mol. The van der Waals surface area contributed by atoms with Crippen molar-refractivity contribution in [1.82, 2.24) is 14.7 Å². The average Bonchev–Trinajstić information content (AvgIpc) is 2.62. The predicted molar refractivity (Wildman–Crippen MR) is 66.1 cm³/mol. The minimum Gasteiger partial charge on any atom is -0.396 e. The summed E-state index contributed by atoms with van der Waals surface area (Å²) in [6.45, 7) is 6.64. The van der Waals surface area contributed by atoms with Crippen LogP contribution in [0.3, 0.4) is 0 Å². The van der Waals surface area contributed by atoms with Gasteiger partial charge in [0, 0.05) is 19.3 Å². The van der Waals surface area contributed by atoms with Crippen LogP contribution in [0.5, 0.6) is 0 Å². The van der Waals surface area contributed by atoms with E-state index in [0.717, 1.165) is 31.2 Å². The van der Waals surface area contributed by atoms with Gasteiger partial charge < -0.3 is 10.6 Å². The lowest BCUT2D eigenvalue weighted by molar-refractivity contribution is 0.178. The molecule has 4 nitrogen and oxygen atoms in total. The summed E-state index contributed by atoms with van der Waals surface area (Å²) in [5, 5.41) is 4.20. The van der Waals surface area contributed by atoms with Crippen molar-refractivity contribution in [3.8, 4) is 0 Å². The van der Waals surface area contributed by atoms with E-state index in [1.807, 2.05) is 10.9 Å². The number of aromatic nitrogens is 2. The third-order valence-electron chi connectivity index (χ3n) is 3.49. The molecule has 90 valence electrons. The first kappa shape index (κ1) is 11.5. The second-order valence-corrected chi connectivity index (χ2v) is 4.73. The maximum atomic E-state index is 5.63. The Labute approximate surface area is 97.4 Å². The van der Waals surface area contributed by atoms with Gasteiger partial charge in [-0.2, -0.15) is 5.10 Å². The van der Waals surface area contributed by atoms with Crippen LogP contribution < -0.4 is 5.73 Å². The van der Waals surface area contributed by atoms with Gasteiger partial charge in [0.25, 0.3) is 0 Å². The van der Waals surface area contributed by atoms with E-state index in [2.05, 4.69) is 16.9 Å². The summed E-state index contributed by atoms with van der Waals surface area (Å²) in [7, 11) is 0. The van der Waals surface area contributed by atoms with Crippen molar-refractivity contribution in [1.29, 1.82) is 0 Å². The second kappa shape index (κ2) is 5.34. The van der Waals surface area contributed by atoms with E-state index >= 15 is 0 Å². The lowest BCUT2D eigenvalue weighted by Crippen LogP contribution is -2.34. The lowest BCUT2D eigenvalue weighted by atomic mass is 9.85. The molecule has 16 heavy (non-hydrogen) atoms. The Morgan fingerprint density at radius 2 is 2.38 bits per heavy atom. The molecule has 0 bridgehead atoms. The molecular weight excluding hydrogens is 200 g/mol. The predicted octanol–water partition coefficient (Wildman–Crippen LogP) is 1.59. The van der Waals surface area contributed by atoms with Gasteiger partial charge in [0.05, 0.1) is 18.4 Å². The van der Waals surface area contributed by atoms with Crippen molar-refractivity contribution >= 4 is 5.69 Å². The molecule has 1 heterocycles. The van der Waals surface area contributed by atoms with Crippen LogP contribution in [0, 0.1) is 5.92 Å². The molecule has 0 unspecified atom stereocenters. The number of anilines is 1. The molecular formula is C12H22N4. The minimum atomic E-state index is 0.752. The summed E-state index contributed by atoms with van der Waals surface area (Å²) in [4.78, 5) is 2.52.